The van der Waals surface area contributed by atoms with Crippen LogP contribution in [0.5, 0.6) is 0 Å². The van der Waals surface area contributed by atoms with Gasteiger partial charge in [-0.1, -0.05) is 38.4 Å². The van der Waals surface area contributed by atoms with Crippen molar-refractivity contribution < 1.29 is 9.00 Å². The van der Waals surface area contributed by atoms with Crippen LogP contribution in [0.1, 0.15) is 26.3 Å². The molecule has 8 heteroatoms. The minimum absolute atomic E-state index is 0.0956. The number of carbonyl (C=O) groups is 1. The number of carbonyl (C=O) groups excluding carboxylic acids is 1. The van der Waals surface area contributed by atoms with E-state index in [-0.39, 0.29) is 17.4 Å². The molecule has 1 unspecified atom stereocenters. The molecule has 0 radical (unpaired) electrons. The zero-order chi connectivity index (χ0) is 22.4. The van der Waals surface area contributed by atoms with Crippen LogP contribution in [0.3, 0.4) is 0 Å². The van der Waals surface area contributed by atoms with Gasteiger partial charge in [0.15, 0.2) is 5.43 Å². The normalized spacial score (nSPS) is 12.9. The molecule has 1 amide bonds. The van der Waals surface area contributed by atoms with Gasteiger partial charge in [0, 0.05) is 31.1 Å². The minimum atomic E-state index is -1.49. The van der Waals surface area contributed by atoms with E-state index in [0.717, 1.165) is 5.56 Å². The Balaban J connectivity index is 2.51. The van der Waals surface area contributed by atoms with Gasteiger partial charge in [-0.2, -0.15) is 0 Å². The largest absolute Gasteiger partial charge is 0.375 e. The standard InChI is InChI=1S/C22H26ClN3O3S/c1-22(2,3)13-7-8-14-17(11-13)26(12-18(27)24-30(6)29)19-15(21(14)28)9-10-16(23)20(19)25(4)5/h7-11H,12H2,1-6H3,(H,24,27). The monoisotopic (exact) mass is 447 g/mol. The molecule has 0 fully saturated rings. The zero-order valence-corrected chi connectivity index (χ0v) is 19.6. The molecule has 0 spiro atoms. The molecule has 1 aromatic heterocycles. The van der Waals surface area contributed by atoms with Gasteiger partial charge < -0.3 is 9.47 Å². The lowest BCUT2D eigenvalue weighted by molar-refractivity contribution is -0.119. The Kier molecular flexibility index (Phi) is 5.98. The third-order valence-electron chi connectivity index (χ3n) is 5.02. The molecule has 1 heterocycles. The molecular weight excluding hydrogens is 422 g/mol. The number of nitrogens with one attached hydrogen (secondary N) is 1. The summed E-state index contributed by atoms with van der Waals surface area (Å²) in [6, 6.07) is 9.10. The highest BCUT2D eigenvalue weighted by atomic mass is 35.5. The van der Waals surface area contributed by atoms with E-state index >= 15 is 0 Å². The predicted molar refractivity (Wildman–Crippen MR) is 126 cm³/mol. The summed E-state index contributed by atoms with van der Waals surface area (Å²) >= 11 is 6.49. The molecule has 3 aromatic rings. The maximum Gasteiger partial charge on any atom is 0.251 e. The molecule has 0 aliphatic carbocycles. The maximum absolute atomic E-state index is 13.3. The smallest absolute Gasteiger partial charge is 0.251 e. The van der Waals surface area contributed by atoms with E-state index in [1.165, 1.54) is 6.26 Å². The van der Waals surface area contributed by atoms with Crippen LogP contribution >= 0.6 is 11.6 Å². The molecule has 0 bridgehead atoms. The fraction of sp³-hybridized carbons (Fsp3) is 0.364. The average molecular weight is 448 g/mol. The number of hydrogen-bond donors (Lipinski definition) is 1. The lowest BCUT2D eigenvalue weighted by Crippen LogP contribution is -2.30. The number of anilines is 1. The molecule has 6 nitrogen and oxygen atoms in total. The van der Waals surface area contributed by atoms with Gasteiger partial charge in [-0.15, -0.1) is 0 Å². The molecule has 30 heavy (non-hydrogen) atoms. The van der Waals surface area contributed by atoms with E-state index in [1.807, 2.05) is 37.2 Å². The number of fused-ring (bicyclic) bond motifs is 2. The van der Waals surface area contributed by atoms with Crippen molar-refractivity contribution in [3.05, 3.63) is 51.1 Å². The Bertz CT molecular complexity index is 1240. The van der Waals surface area contributed by atoms with Crippen LogP contribution in [0.25, 0.3) is 21.8 Å². The Morgan fingerprint density at radius 3 is 2.37 bits per heavy atom. The lowest BCUT2D eigenvalue weighted by atomic mass is 9.86. The van der Waals surface area contributed by atoms with Gasteiger partial charge in [0.1, 0.15) is 17.5 Å². The van der Waals surface area contributed by atoms with E-state index in [9.17, 15) is 13.8 Å². The van der Waals surface area contributed by atoms with Crippen LogP contribution in [0.4, 0.5) is 5.69 Å². The summed E-state index contributed by atoms with van der Waals surface area (Å²) in [5.41, 5.74) is 2.65. The van der Waals surface area contributed by atoms with E-state index in [2.05, 4.69) is 25.5 Å². The van der Waals surface area contributed by atoms with Crippen LogP contribution < -0.4 is 15.1 Å². The topological polar surface area (TPSA) is 71.4 Å². The second-order valence-electron chi connectivity index (χ2n) is 8.56. The molecular formula is C22H26ClN3O3S. The fourth-order valence-electron chi connectivity index (χ4n) is 3.62. The number of aromatic nitrogens is 1. The third kappa shape index (κ3) is 4.09. The Hall–Kier alpha value is -2.38. The number of nitrogens with zero attached hydrogens (tertiary/aromatic N) is 2. The van der Waals surface area contributed by atoms with Crippen LogP contribution in [0.2, 0.25) is 5.02 Å². The number of amides is 1. The van der Waals surface area contributed by atoms with Crippen molar-refractivity contribution in [2.75, 3.05) is 25.3 Å². The highest BCUT2D eigenvalue weighted by Gasteiger charge is 2.21. The molecule has 3 rings (SSSR count). The molecule has 160 valence electrons. The van der Waals surface area contributed by atoms with Crippen molar-refractivity contribution >= 4 is 56.0 Å². The second-order valence-corrected chi connectivity index (χ2v) is 10.1. The van der Waals surface area contributed by atoms with Crippen molar-refractivity contribution in [3.63, 3.8) is 0 Å². The van der Waals surface area contributed by atoms with E-state index in [0.29, 0.717) is 32.5 Å². The van der Waals surface area contributed by atoms with Crippen LogP contribution in [-0.2, 0) is 27.7 Å². The van der Waals surface area contributed by atoms with Gasteiger partial charge in [0.25, 0.3) is 5.91 Å². The van der Waals surface area contributed by atoms with Crippen molar-refractivity contribution in [2.24, 2.45) is 0 Å². The third-order valence-corrected chi connectivity index (χ3v) is 5.84. The number of hydrogen-bond acceptors (Lipinski definition) is 4. The number of pyridine rings is 1. The first-order valence-electron chi connectivity index (χ1n) is 9.51. The molecule has 2 aromatic carbocycles. The van der Waals surface area contributed by atoms with Crippen LogP contribution in [0.15, 0.2) is 35.1 Å². The predicted octanol–water partition coefficient (Wildman–Crippen LogP) is 3.58. The van der Waals surface area contributed by atoms with Crippen molar-refractivity contribution in [1.29, 1.82) is 0 Å². The van der Waals surface area contributed by atoms with Crippen LogP contribution in [-0.4, -0.2) is 35.0 Å². The summed E-state index contributed by atoms with van der Waals surface area (Å²) in [5.74, 6) is -0.409. The highest BCUT2D eigenvalue weighted by molar-refractivity contribution is 7.82. The van der Waals surface area contributed by atoms with Crippen molar-refractivity contribution in [1.82, 2.24) is 9.29 Å². The van der Waals surface area contributed by atoms with E-state index in [4.69, 9.17) is 11.6 Å². The van der Waals surface area contributed by atoms with Gasteiger partial charge in [0.2, 0.25) is 0 Å². The van der Waals surface area contributed by atoms with Gasteiger partial charge >= 0.3 is 0 Å². The number of benzene rings is 2. The quantitative estimate of drug-likeness (QED) is 0.620. The highest BCUT2D eigenvalue weighted by Crippen LogP contribution is 2.35. The van der Waals surface area contributed by atoms with Crippen molar-refractivity contribution in [3.8, 4) is 0 Å². The van der Waals surface area contributed by atoms with Gasteiger partial charge in [-0.05, 0) is 35.2 Å². The van der Waals surface area contributed by atoms with Gasteiger partial charge in [0.05, 0.1) is 21.7 Å². The second kappa shape index (κ2) is 8.04. The Morgan fingerprint density at radius 1 is 1.17 bits per heavy atom. The van der Waals surface area contributed by atoms with Crippen LogP contribution in [0, 0.1) is 0 Å². The van der Waals surface area contributed by atoms with Crippen molar-refractivity contribution in [2.45, 2.75) is 32.7 Å². The average Bonchev–Trinajstić information content (AvgIpc) is 2.62. The summed E-state index contributed by atoms with van der Waals surface area (Å²) < 4.78 is 15.8. The molecule has 0 aliphatic heterocycles. The van der Waals surface area contributed by atoms with E-state index < -0.39 is 16.9 Å². The molecule has 0 saturated carbocycles. The Labute approximate surface area is 183 Å². The first-order valence-corrected chi connectivity index (χ1v) is 11.4. The SMILES string of the molecule is CN(C)c1c(Cl)ccc2c(=O)c3ccc(C(C)(C)C)cc3n(CC(=O)NS(C)=O)c12. The zero-order valence-electron chi connectivity index (χ0n) is 18.0. The summed E-state index contributed by atoms with van der Waals surface area (Å²) in [5, 5.41) is 1.48. The fourth-order valence-corrected chi connectivity index (χ4v) is 4.32. The summed E-state index contributed by atoms with van der Waals surface area (Å²) in [7, 11) is 2.19. The summed E-state index contributed by atoms with van der Waals surface area (Å²) in [4.78, 5) is 27.7. The van der Waals surface area contributed by atoms with Gasteiger partial charge in [-0.3, -0.25) is 14.3 Å². The molecule has 1 atom stereocenters. The molecule has 0 aliphatic rings. The summed E-state index contributed by atoms with van der Waals surface area (Å²) in [6.45, 7) is 6.17. The maximum atomic E-state index is 13.3. The van der Waals surface area contributed by atoms with E-state index in [1.54, 1.807) is 16.7 Å². The minimum Gasteiger partial charge on any atom is -0.375 e. The number of halogens is 1. The molecule has 0 saturated heterocycles. The molecule has 1 N–H and O–H groups in total. The lowest BCUT2D eigenvalue weighted by Gasteiger charge is -2.24. The first kappa shape index (κ1) is 22.3. The van der Waals surface area contributed by atoms with Gasteiger partial charge in [-0.25, -0.2) is 4.21 Å². The first-order chi connectivity index (χ1) is 13.9. The number of rotatable bonds is 4. The Morgan fingerprint density at radius 2 is 1.80 bits per heavy atom. The summed E-state index contributed by atoms with van der Waals surface area (Å²) in [6.07, 6.45) is 1.40.